The Bertz CT molecular complexity index is 804. The van der Waals surface area contributed by atoms with Crippen molar-refractivity contribution in [1.29, 1.82) is 5.26 Å². The Kier molecular flexibility index (Phi) is 6.23. The molecule has 0 aliphatic heterocycles. The van der Waals surface area contributed by atoms with Gasteiger partial charge in [-0.05, 0) is 32.3 Å². The summed E-state index contributed by atoms with van der Waals surface area (Å²) >= 11 is 1.51. The maximum absolute atomic E-state index is 12.5. The third-order valence-corrected chi connectivity index (χ3v) is 4.84. The fraction of sp³-hybridized carbons (Fsp3) is 0.529. The summed E-state index contributed by atoms with van der Waals surface area (Å²) < 4.78 is 6.89. The lowest BCUT2D eigenvalue weighted by molar-refractivity contribution is 0.0761. The molecule has 0 aromatic carbocycles. The van der Waals surface area contributed by atoms with Crippen LogP contribution in [-0.4, -0.2) is 21.4 Å². The summed E-state index contributed by atoms with van der Waals surface area (Å²) in [5.41, 5.74) is 2.16. The number of thiazole rings is 1. The van der Waals surface area contributed by atoms with Crippen LogP contribution in [0.5, 0.6) is 0 Å². The monoisotopic (exact) mass is 346 g/mol. The van der Waals surface area contributed by atoms with Crippen LogP contribution in [0.1, 0.15) is 61.3 Å². The molecule has 0 amide bonds. The average Bonchev–Trinajstić information content (AvgIpc) is 3.05. The van der Waals surface area contributed by atoms with Crippen LogP contribution in [0.4, 0.5) is 0 Å². The second-order valence-corrected chi connectivity index (χ2v) is 6.25. The van der Waals surface area contributed by atoms with Gasteiger partial charge in [-0.15, -0.1) is 11.3 Å². The predicted octanol–water partition coefficient (Wildman–Crippen LogP) is 2.84. The van der Waals surface area contributed by atoms with Gasteiger partial charge in [0.25, 0.3) is 5.56 Å². The number of aryl methyl sites for hydroxylation is 1. The molecule has 2 rings (SSSR count). The predicted molar refractivity (Wildman–Crippen MR) is 93.2 cm³/mol. The summed E-state index contributed by atoms with van der Waals surface area (Å²) in [5, 5.41) is 16.6. The van der Waals surface area contributed by atoms with Crippen molar-refractivity contribution in [2.75, 3.05) is 6.61 Å². The molecular weight excluding hydrogens is 324 g/mol. The van der Waals surface area contributed by atoms with Crippen LogP contribution in [-0.2, 0) is 24.1 Å². The first-order valence-corrected chi connectivity index (χ1v) is 9.02. The van der Waals surface area contributed by atoms with Gasteiger partial charge in [-0.2, -0.15) is 10.4 Å². The van der Waals surface area contributed by atoms with E-state index in [9.17, 15) is 10.1 Å². The molecule has 0 spiro atoms. The molecule has 128 valence electrons. The van der Waals surface area contributed by atoms with E-state index in [1.165, 1.54) is 16.0 Å². The topological polar surface area (TPSA) is 80.8 Å². The van der Waals surface area contributed by atoms with Gasteiger partial charge in [0.15, 0.2) is 0 Å². The lowest BCUT2D eigenvalue weighted by Gasteiger charge is -2.11. The molecule has 2 aromatic heterocycles. The molecule has 0 fully saturated rings. The zero-order valence-corrected chi connectivity index (χ0v) is 15.3. The lowest BCUT2D eigenvalue weighted by atomic mass is 10.0. The van der Waals surface area contributed by atoms with E-state index < -0.39 is 0 Å². The van der Waals surface area contributed by atoms with Crippen molar-refractivity contribution < 1.29 is 4.74 Å². The average molecular weight is 346 g/mol. The summed E-state index contributed by atoms with van der Waals surface area (Å²) in [6.45, 7) is 8.70. The molecule has 0 N–H and O–H groups in total. The number of ether oxygens (including phenoxy) is 1. The van der Waals surface area contributed by atoms with E-state index in [1.54, 1.807) is 0 Å². The second kappa shape index (κ2) is 8.18. The maximum Gasteiger partial charge on any atom is 0.285 e. The Balaban J connectivity index is 2.37. The molecule has 6 nitrogen and oxygen atoms in total. The van der Waals surface area contributed by atoms with Gasteiger partial charge in [-0.1, -0.05) is 13.8 Å². The Morgan fingerprint density at radius 1 is 1.38 bits per heavy atom. The molecule has 0 aliphatic rings. The largest absolute Gasteiger partial charge is 0.372 e. The first-order chi connectivity index (χ1) is 11.5. The SMILES string of the molecule is CCO[C@H](C)c1nc(Cn2nc(CC)c(CC)c(C#N)c2=O)cs1. The van der Waals surface area contributed by atoms with E-state index in [2.05, 4.69) is 10.1 Å². The van der Waals surface area contributed by atoms with E-state index in [4.69, 9.17) is 4.74 Å². The summed E-state index contributed by atoms with van der Waals surface area (Å²) in [4.78, 5) is 17.1. The van der Waals surface area contributed by atoms with Crippen molar-refractivity contribution >= 4 is 11.3 Å². The van der Waals surface area contributed by atoms with Gasteiger partial charge in [0.2, 0.25) is 0 Å². The van der Waals surface area contributed by atoms with Gasteiger partial charge in [-0.25, -0.2) is 9.67 Å². The fourth-order valence-corrected chi connectivity index (χ4v) is 3.41. The molecule has 0 unspecified atom stereocenters. The minimum Gasteiger partial charge on any atom is -0.372 e. The molecule has 2 heterocycles. The van der Waals surface area contributed by atoms with Crippen molar-refractivity contribution in [3.05, 3.63) is 43.3 Å². The van der Waals surface area contributed by atoms with Crippen molar-refractivity contribution in [2.24, 2.45) is 0 Å². The number of rotatable bonds is 7. The first kappa shape index (κ1) is 18.3. The Labute approximate surface area is 145 Å². The van der Waals surface area contributed by atoms with E-state index in [0.717, 1.165) is 22.0 Å². The summed E-state index contributed by atoms with van der Waals surface area (Å²) in [6.07, 6.45) is 1.24. The molecule has 0 bridgehead atoms. The summed E-state index contributed by atoms with van der Waals surface area (Å²) in [5.74, 6) is 0. The number of nitriles is 1. The molecule has 24 heavy (non-hydrogen) atoms. The normalized spacial score (nSPS) is 12.1. The number of hydrogen-bond acceptors (Lipinski definition) is 6. The third-order valence-electron chi connectivity index (χ3n) is 3.79. The van der Waals surface area contributed by atoms with Crippen LogP contribution in [0.2, 0.25) is 0 Å². The molecule has 0 radical (unpaired) electrons. The summed E-state index contributed by atoms with van der Waals surface area (Å²) in [6, 6.07) is 2.04. The van der Waals surface area contributed by atoms with Crippen molar-refractivity contribution in [3.8, 4) is 6.07 Å². The quantitative estimate of drug-likeness (QED) is 0.770. The van der Waals surface area contributed by atoms with Gasteiger partial charge in [0.1, 0.15) is 22.7 Å². The van der Waals surface area contributed by atoms with Crippen molar-refractivity contribution in [1.82, 2.24) is 14.8 Å². The van der Waals surface area contributed by atoms with E-state index in [-0.39, 0.29) is 23.8 Å². The van der Waals surface area contributed by atoms with E-state index in [0.29, 0.717) is 19.4 Å². The Morgan fingerprint density at radius 3 is 2.71 bits per heavy atom. The second-order valence-electron chi connectivity index (χ2n) is 5.36. The van der Waals surface area contributed by atoms with Gasteiger partial charge < -0.3 is 4.74 Å². The molecule has 0 saturated heterocycles. The maximum atomic E-state index is 12.5. The fourth-order valence-electron chi connectivity index (χ4n) is 2.60. The minimum absolute atomic E-state index is 0.0678. The van der Waals surface area contributed by atoms with Crippen LogP contribution < -0.4 is 5.56 Å². The smallest absolute Gasteiger partial charge is 0.285 e. The highest BCUT2D eigenvalue weighted by molar-refractivity contribution is 7.09. The van der Waals surface area contributed by atoms with Crippen LogP contribution in [0.15, 0.2) is 10.2 Å². The highest BCUT2D eigenvalue weighted by Crippen LogP contribution is 2.21. The molecule has 0 aliphatic carbocycles. The Morgan fingerprint density at radius 2 is 2.12 bits per heavy atom. The van der Waals surface area contributed by atoms with Crippen molar-refractivity contribution in [2.45, 2.75) is 53.2 Å². The molecule has 7 heteroatoms. The van der Waals surface area contributed by atoms with Gasteiger partial charge >= 0.3 is 0 Å². The van der Waals surface area contributed by atoms with Crippen LogP contribution in [0, 0.1) is 11.3 Å². The third kappa shape index (κ3) is 3.71. The zero-order chi connectivity index (χ0) is 17.7. The van der Waals surface area contributed by atoms with Gasteiger partial charge in [-0.3, -0.25) is 4.79 Å². The highest BCUT2D eigenvalue weighted by Gasteiger charge is 2.17. The number of hydrogen-bond donors (Lipinski definition) is 0. The summed E-state index contributed by atoms with van der Waals surface area (Å²) in [7, 11) is 0. The van der Waals surface area contributed by atoms with Crippen LogP contribution in [0.25, 0.3) is 0 Å². The highest BCUT2D eigenvalue weighted by atomic mass is 32.1. The van der Waals surface area contributed by atoms with E-state index in [1.807, 2.05) is 39.1 Å². The van der Waals surface area contributed by atoms with Gasteiger partial charge in [0, 0.05) is 12.0 Å². The standard InChI is InChI=1S/C17H22N4O2S/c1-5-13-14(8-18)17(22)21(20-15(13)6-2)9-12-10-24-16(19-12)11(4)23-7-3/h10-11H,5-7,9H2,1-4H3/t11-/m1/s1. The van der Waals surface area contributed by atoms with Crippen molar-refractivity contribution in [3.63, 3.8) is 0 Å². The zero-order valence-electron chi connectivity index (χ0n) is 14.5. The molecular formula is C17H22N4O2S. The number of aromatic nitrogens is 3. The van der Waals surface area contributed by atoms with E-state index >= 15 is 0 Å². The van der Waals surface area contributed by atoms with Crippen LogP contribution >= 0.6 is 11.3 Å². The number of nitrogens with zero attached hydrogens (tertiary/aromatic N) is 4. The van der Waals surface area contributed by atoms with Gasteiger partial charge in [0.05, 0.1) is 17.9 Å². The molecule has 0 saturated carbocycles. The Hall–Kier alpha value is -2.04. The van der Waals surface area contributed by atoms with Crippen LogP contribution in [0.3, 0.4) is 0 Å². The first-order valence-electron chi connectivity index (χ1n) is 8.14. The molecule has 2 aromatic rings. The lowest BCUT2D eigenvalue weighted by Crippen LogP contribution is -2.29. The molecule has 1 atom stereocenters. The minimum atomic E-state index is -0.348.